The molecule has 0 amide bonds. The predicted molar refractivity (Wildman–Crippen MR) is 74.0 cm³/mol. The minimum atomic E-state index is 0.487. The van der Waals surface area contributed by atoms with Gasteiger partial charge in [0.15, 0.2) is 5.16 Å². The smallest absolute Gasteiger partial charge is 0.193 e. The van der Waals surface area contributed by atoms with Crippen LogP contribution < -0.4 is 5.73 Å². The summed E-state index contributed by atoms with van der Waals surface area (Å²) in [7, 11) is 0. The lowest BCUT2D eigenvalue weighted by atomic mass is 10.3. The lowest BCUT2D eigenvalue weighted by Gasteiger charge is -2.08. The van der Waals surface area contributed by atoms with Gasteiger partial charge in [-0.2, -0.15) is 0 Å². The highest BCUT2D eigenvalue weighted by atomic mass is 32.2. The van der Waals surface area contributed by atoms with Crippen molar-refractivity contribution in [2.24, 2.45) is 0 Å². The maximum absolute atomic E-state index is 5.96. The molecule has 0 aliphatic heterocycles. The van der Waals surface area contributed by atoms with Crippen molar-refractivity contribution in [1.29, 1.82) is 0 Å². The normalized spacial score (nSPS) is 14.6. The van der Waals surface area contributed by atoms with Crippen LogP contribution in [0.5, 0.6) is 0 Å². The number of aromatic nitrogens is 4. The zero-order valence-corrected chi connectivity index (χ0v) is 11.7. The summed E-state index contributed by atoms with van der Waals surface area (Å²) < 4.78 is 0. The summed E-state index contributed by atoms with van der Waals surface area (Å²) >= 11 is 1.44. The highest BCUT2D eigenvalue weighted by molar-refractivity contribution is 7.99. The van der Waals surface area contributed by atoms with Crippen molar-refractivity contribution in [3.05, 3.63) is 29.3 Å². The average molecular weight is 273 g/mol. The largest absolute Gasteiger partial charge is 0.383 e. The third-order valence-corrected chi connectivity index (χ3v) is 4.03. The van der Waals surface area contributed by atoms with Crippen LogP contribution in [0.1, 0.15) is 35.7 Å². The van der Waals surface area contributed by atoms with Gasteiger partial charge in [0.1, 0.15) is 16.7 Å². The van der Waals surface area contributed by atoms with E-state index < -0.39 is 0 Å². The maximum atomic E-state index is 5.96. The molecular formula is C13H15N5S. The Morgan fingerprint density at radius 3 is 2.47 bits per heavy atom. The molecular weight excluding hydrogens is 258 g/mol. The zero-order chi connectivity index (χ0) is 13.4. The summed E-state index contributed by atoms with van der Waals surface area (Å²) in [6.07, 6.45) is 5.93. The number of hydrogen-bond donors (Lipinski definition) is 1. The number of rotatable bonds is 3. The summed E-state index contributed by atoms with van der Waals surface area (Å²) in [5.74, 6) is 1.91. The number of nitrogens with two attached hydrogens (primary N) is 1. The van der Waals surface area contributed by atoms with Crippen LogP contribution in [0.15, 0.2) is 22.6 Å². The molecule has 0 radical (unpaired) electrons. The molecule has 1 aliphatic rings. The van der Waals surface area contributed by atoms with E-state index in [2.05, 4.69) is 19.9 Å². The minimum absolute atomic E-state index is 0.487. The summed E-state index contributed by atoms with van der Waals surface area (Å²) in [6.45, 7) is 3.90. The van der Waals surface area contributed by atoms with Crippen LogP contribution >= 0.6 is 11.8 Å². The third-order valence-electron chi connectivity index (χ3n) is 3.04. The Hall–Kier alpha value is -1.69. The van der Waals surface area contributed by atoms with Gasteiger partial charge in [0.25, 0.3) is 0 Å². The van der Waals surface area contributed by atoms with Crippen molar-refractivity contribution >= 4 is 17.6 Å². The van der Waals surface area contributed by atoms with Gasteiger partial charge in [-0.15, -0.1) is 0 Å². The third kappa shape index (κ3) is 2.68. The highest BCUT2D eigenvalue weighted by Gasteiger charge is 2.28. The first-order chi connectivity index (χ1) is 9.13. The van der Waals surface area contributed by atoms with Crippen LogP contribution in [0.2, 0.25) is 0 Å². The van der Waals surface area contributed by atoms with Gasteiger partial charge in [-0.1, -0.05) is 0 Å². The van der Waals surface area contributed by atoms with E-state index in [0.29, 0.717) is 16.9 Å². The van der Waals surface area contributed by atoms with Gasteiger partial charge in [-0.05, 0) is 44.0 Å². The van der Waals surface area contributed by atoms with Gasteiger partial charge < -0.3 is 5.73 Å². The van der Waals surface area contributed by atoms with E-state index in [1.165, 1.54) is 11.8 Å². The van der Waals surface area contributed by atoms with E-state index in [1.54, 1.807) is 12.4 Å². The molecule has 0 aromatic carbocycles. The molecule has 2 aromatic heterocycles. The Bertz CT molecular complexity index is 607. The van der Waals surface area contributed by atoms with Crippen LogP contribution in [0, 0.1) is 13.8 Å². The van der Waals surface area contributed by atoms with E-state index in [1.807, 2.05) is 13.8 Å². The van der Waals surface area contributed by atoms with E-state index in [0.717, 1.165) is 34.8 Å². The van der Waals surface area contributed by atoms with E-state index in [-0.39, 0.29) is 0 Å². The Labute approximate surface area is 116 Å². The van der Waals surface area contributed by atoms with Crippen LogP contribution in [-0.2, 0) is 0 Å². The molecule has 3 rings (SSSR count). The number of anilines is 1. The molecule has 2 N–H and O–H groups in total. The van der Waals surface area contributed by atoms with E-state index in [4.69, 9.17) is 5.73 Å². The Balaban J connectivity index is 1.92. The molecule has 5 nitrogen and oxygen atoms in total. The van der Waals surface area contributed by atoms with Crippen LogP contribution in [-0.4, -0.2) is 19.9 Å². The van der Waals surface area contributed by atoms with Crippen molar-refractivity contribution in [2.75, 3.05) is 5.73 Å². The highest BCUT2D eigenvalue weighted by Crippen LogP contribution is 2.40. The number of aryl methyl sites for hydroxylation is 1. The second-order valence-corrected chi connectivity index (χ2v) is 5.77. The first-order valence-corrected chi connectivity index (χ1v) is 7.05. The van der Waals surface area contributed by atoms with Gasteiger partial charge in [0.2, 0.25) is 0 Å². The van der Waals surface area contributed by atoms with Gasteiger partial charge in [-0.25, -0.2) is 19.9 Å². The Morgan fingerprint density at radius 2 is 1.84 bits per heavy atom. The maximum Gasteiger partial charge on any atom is 0.193 e. The zero-order valence-electron chi connectivity index (χ0n) is 10.9. The second-order valence-electron chi connectivity index (χ2n) is 4.82. The fraction of sp³-hybridized carbons (Fsp3) is 0.385. The second kappa shape index (κ2) is 4.77. The molecule has 0 spiro atoms. The standard InChI is InChI=1S/C13H15N5S/c1-7-5-15-13(16-6-7)19-12-8(2)10(14)17-11(18-12)9-3-4-9/h5-6,9H,3-4H2,1-2H3,(H2,14,17,18). The molecule has 1 saturated carbocycles. The van der Waals surface area contributed by atoms with Gasteiger partial charge >= 0.3 is 0 Å². The van der Waals surface area contributed by atoms with Crippen molar-refractivity contribution in [2.45, 2.75) is 42.8 Å². The molecule has 2 heterocycles. The first kappa shape index (κ1) is 12.3. The summed E-state index contributed by atoms with van der Waals surface area (Å²) in [6, 6.07) is 0. The Morgan fingerprint density at radius 1 is 1.16 bits per heavy atom. The van der Waals surface area contributed by atoms with Crippen LogP contribution in [0.25, 0.3) is 0 Å². The summed E-state index contributed by atoms with van der Waals surface area (Å²) in [5.41, 5.74) is 7.90. The molecule has 2 aromatic rings. The van der Waals surface area contributed by atoms with Crippen LogP contribution in [0.4, 0.5) is 5.82 Å². The van der Waals surface area contributed by atoms with Gasteiger partial charge in [0, 0.05) is 23.9 Å². The molecule has 6 heteroatoms. The summed E-state index contributed by atoms with van der Waals surface area (Å²) in [4.78, 5) is 17.5. The molecule has 0 bridgehead atoms. The van der Waals surface area contributed by atoms with Crippen LogP contribution in [0.3, 0.4) is 0 Å². The average Bonchev–Trinajstić information content (AvgIpc) is 3.21. The van der Waals surface area contributed by atoms with E-state index in [9.17, 15) is 0 Å². The molecule has 0 saturated heterocycles. The lowest BCUT2D eigenvalue weighted by molar-refractivity contribution is 0.862. The number of hydrogen-bond acceptors (Lipinski definition) is 6. The quantitative estimate of drug-likeness (QED) is 0.684. The fourth-order valence-electron chi connectivity index (χ4n) is 1.67. The van der Waals surface area contributed by atoms with Gasteiger partial charge in [0.05, 0.1) is 0 Å². The molecule has 0 atom stereocenters. The lowest BCUT2D eigenvalue weighted by Crippen LogP contribution is -2.03. The SMILES string of the molecule is Cc1cnc(Sc2nc(C3CC3)nc(N)c2C)nc1. The van der Waals surface area contributed by atoms with Crippen molar-refractivity contribution < 1.29 is 0 Å². The number of nitrogens with zero attached hydrogens (tertiary/aromatic N) is 4. The van der Waals surface area contributed by atoms with Crippen molar-refractivity contribution in [3.63, 3.8) is 0 Å². The molecule has 19 heavy (non-hydrogen) atoms. The molecule has 0 unspecified atom stereocenters. The van der Waals surface area contributed by atoms with Crippen molar-refractivity contribution in [3.8, 4) is 0 Å². The predicted octanol–water partition coefficient (Wildman–Crippen LogP) is 2.49. The molecule has 1 aliphatic carbocycles. The number of nitrogen functional groups attached to an aromatic ring is 1. The monoisotopic (exact) mass is 273 g/mol. The van der Waals surface area contributed by atoms with Crippen molar-refractivity contribution in [1.82, 2.24) is 19.9 Å². The fourth-order valence-corrected chi connectivity index (χ4v) is 2.45. The summed E-state index contributed by atoms with van der Waals surface area (Å²) in [5, 5.41) is 1.55. The van der Waals surface area contributed by atoms with E-state index >= 15 is 0 Å². The molecule has 1 fully saturated rings. The minimum Gasteiger partial charge on any atom is -0.383 e. The Kier molecular flexibility index (Phi) is 3.10. The first-order valence-electron chi connectivity index (χ1n) is 6.24. The topological polar surface area (TPSA) is 77.6 Å². The molecule has 98 valence electrons. The van der Waals surface area contributed by atoms with Gasteiger partial charge in [-0.3, -0.25) is 0 Å².